The molecule has 0 nitrogen and oxygen atoms in total. The molecule has 0 heteroatoms. The van der Waals surface area contributed by atoms with Crippen LogP contribution in [0.4, 0.5) is 0 Å². The maximum atomic E-state index is 2.32. The van der Waals surface area contributed by atoms with Gasteiger partial charge in [-0.25, -0.2) is 0 Å². The Morgan fingerprint density at radius 1 is 0.714 bits per heavy atom. The molecule has 1 aromatic carbocycles. The minimum absolute atomic E-state index is 1.20. The van der Waals surface area contributed by atoms with Gasteiger partial charge in [-0.3, -0.25) is 0 Å². The van der Waals surface area contributed by atoms with Gasteiger partial charge in [0.1, 0.15) is 0 Å². The Morgan fingerprint density at radius 3 is 1.71 bits per heavy atom. The Morgan fingerprint density at radius 2 is 1.21 bits per heavy atom. The van der Waals surface area contributed by atoms with Crippen LogP contribution in [0.3, 0.4) is 0 Å². The molecule has 0 heterocycles. The van der Waals surface area contributed by atoms with Crippen molar-refractivity contribution in [2.45, 2.75) is 25.7 Å². The van der Waals surface area contributed by atoms with Crippen LogP contribution in [-0.2, 0) is 12.8 Å². The molecule has 1 aromatic rings. The fraction of sp³-hybridized carbons (Fsp3) is 0.286. The van der Waals surface area contributed by atoms with Crippen molar-refractivity contribution < 1.29 is 0 Å². The standard InChI is InChI=1S/C14H14/c1-3-7-13-11(5-1)9-10-12-6-2-4-8-14(12)13/h3-4,7-10H,1-2,5-6H2. The lowest BCUT2D eigenvalue weighted by Gasteiger charge is -2.18. The van der Waals surface area contributed by atoms with Crippen LogP contribution < -0.4 is 0 Å². The monoisotopic (exact) mass is 182 g/mol. The van der Waals surface area contributed by atoms with Gasteiger partial charge < -0.3 is 0 Å². The summed E-state index contributed by atoms with van der Waals surface area (Å²) >= 11 is 0. The highest BCUT2D eigenvalue weighted by Gasteiger charge is 2.12. The molecule has 0 radical (unpaired) electrons. The van der Waals surface area contributed by atoms with E-state index in [0.717, 1.165) is 0 Å². The molecule has 0 aromatic heterocycles. The van der Waals surface area contributed by atoms with Crippen LogP contribution in [-0.4, -0.2) is 0 Å². The number of hydrogen-bond acceptors (Lipinski definition) is 0. The first-order valence-electron chi connectivity index (χ1n) is 5.43. The van der Waals surface area contributed by atoms with Crippen molar-refractivity contribution in [3.8, 4) is 0 Å². The molecule has 2 aliphatic carbocycles. The maximum Gasteiger partial charge on any atom is -0.0152 e. The summed E-state index contributed by atoms with van der Waals surface area (Å²) in [6, 6.07) is 4.63. The normalized spacial score (nSPS) is 17.7. The number of rotatable bonds is 0. The number of benzene rings is 1. The molecule has 0 aliphatic heterocycles. The molecule has 3 rings (SSSR count). The summed E-state index contributed by atoms with van der Waals surface area (Å²) in [6.07, 6.45) is 14.0. The lowest BCUT2D eigenvalue weighted by molar-refractivity contribution is 0.952. The van der Waals surface area contributed by atoms with E-state index in [1.165, 1.54) is 47.9 Å². The van der Waals surface area contributed by atoms with Crippen LogP contribution in [0.1, 0.15) is 35.1 Å². The van der Waals surface area contributed by atoms with Gasteiger partial charge in [-0.1, -0.05) is 36.4 Å². The predicted octanol–water partition coefficient (Wildman–Crippen LogP) is 3.61. The Kier molecular flexibility index (Phi) is 1.80. The highest BCUT2D eigenvalue weighted by atomic mass is 14.2. The molecule has 0 saturated heterocycles. The first-order chi connectivity index (χ1) is 6.95. The van der Waals surface area contributed by atoms with Crippen LogP contribution >= 0.6 is 0 Å². The van der Waals surface area contributed by atoms with Crippen molar-refractivity contribution >= 4 is 12.2 Å². The van der Waals surface area contributed by atoms with E-state index in [4.69, 9.17) is 0 Å². The van der Waals surface area contributed by atoms with Gasteiger partial charge in [-0.05, 0) is 47.9 Å². The van der Waals surface area contributed by atoms with Crippen LogP contribution in [0.5, 0.6) is 0 Å². The molecule has 0 N–H and O–H groups in total. The second kappa shape index (κ2) is 3.13. The Balaban J connectivity index is 2.25. The molecule has 0 unspecified atom stereocenters. The summed E-state index contributed by atoms with van der Waals surface area (Å²) in [5, 5.41) is 0. The van der Waals surface area contributed by atoms with Crippen molar-refractivity contribution in [3.63, 3.8) is 0 Å². The van der Waals surface area contributed by atoms with Crippen LogP contribution in [0.25, 0.3) is 12.2 Å². The topological polar surface area (TPSA) is 0 Å². The van der Waals surface area contributed by atoms with Crippen LogP contribution in [0.15, 0.2) is 24.3 Å². The van der Waals surface area contributed by atoms with E-state index in [9.17, 15) is 0 Å². The van der Waals surface area contributed by atoms with E-state index in [0.29, 0.717) is 0 Å². The summed E-state index contributed by atoms with van der Waals surface area (Å²) < 4.78 is 0. The fourth-order valence-corrected chi connectivity index (χ4v) is 2.44. The quantitative estimate of drug-likeness (QED) is 0.575. The average Bonchev–Trinajstić information content (AvgIpc) is 2.29. The molecule has 0 atom stereocenters. The van der Waals surface area contributed by atoms with Gasteiger partial charge in [0.15, 0.2) is 0 Å². The van der Waals surface area contributed by atoms with Crippen molar-refractivity contribution in [2.75, 3.05) is 0 Å². The smallest absolute Gasteiger partial charge is 0.0152 e. The lowest BCUT2D eigenvalue weighted by Crippen LogP contribution is -2.02. The number of hydrogen-bond donors (Lipinski definition) is 0. The number of aryl methyl sites for hydroxylation is 2. The van der Waals surface area contributed by atoms with E-state index in [1.807, 2.05) is 0 Å². The first kappa shape index (κ1) is 8.05. The Labute approximate surface area is 85.0 Å². The van der Waals surface area contributed by atoms with E-state index in [-0.39, 0.29) is 0 Å². The minimum atomic E-state index is 1.20. The van der Waals surface area contributed by atoms with Crippen molar-refractivity contribution in [1.82, 2.24) is 0 Å². The molecule has 14 heavy (non-hydrogen) atoms. The van der Waals surface area contributed by atoms with Gasteiger partial charge in [-0.15, -0.1) is 0 Å². The largest absolute Gasteiger partial charge is 0.0836 e. The zero-order valence-electron chi connectivity index (χ0n) is 8.29. The van der Waals surface area contributed by atoms with E-state index in [2.05, 4.69) is 36.4 Å². The second-order valence-corrected chi connectivity index (χ2v) is 4.09. The molecule has 0 spiro atoms. The first-order valence-corrected chi connectivity index (χ1v) is 5.43. The average molecular weight is 182 g/mol. The lowest BCUT2D eigenvalue weighted by atomic mass is 9.86. The summed E-state index contributed by atoms with van der Waals surface area (Å²) in [5.74, 6) is 0. The van der Waals surface area contributed by atoms with Gasteiger partial charge in [0, 0.05) is 0 Å². The maximum absolute atomic E-state index is 2.32. The van der Waals surface area contributed by atoms with E-state index >= 15 is 0 Å². The zero-order valence-corrected chi connectivity index (χ0v) is 8.29. The van der Waals surface area contributed by atoms with Gasteiger partial charge >= 0.3 is 0 Å². The second-order valence-electron chi connectivity index (χ2n) is 4.09. The Hall–Kier alpha value is -1.30. The molecule has 0 fully saturated rings. The summed E-state index contributed by atoms with van der Waals surface area (Å²) in [5.41, 5.74) is 6.00. The minimum Gasteiger partial charge on any atom is -0.0836 e. The van der Waals surface area contributed by atoms with Gasteiger partial charge in [-0.2, -0.15) is 0 Å². The molecule has 70 valence electrons. The predicted molar refractivity (Wildman–Crippen MR) is 61.2 cm³/mol. The third kappa shape index (κ3) is 1.14. The van der Waals surface area contributed by atoms with Crippen molar-refractivity contribution in [2.24, 2.45) is 0 Å². The summed E-state index contributed by atoms with van der Waals surface area (Å²) in [6.45, 7) is 0. The van der Waals surface area contributed by atoms with Crippen molar-refractivity contribution in [3.05, 3.63) is 46.5 Å². The molecule has 0 amide bonds. The van der Waals surface area contributed by atoms with Crippen molar-refractivity contribution in [1.29, 1.82) is 0 Å². The molecular formula is C14H14. The zero-order chi connectivity index (χ0) is 9.38. The molecule has 0 bridgehead atoms. The summed E-state index contributed by atoms with van der Waals surface area (Å²) in [4.78, 5) is 0. The third-order valence-corrected chi connectivity index (χ3v) is 3.20. The SMILES string of the molecule is C1=Cc2c(ccc3c2C=CCC3)CC1. The molecule has 2 aliphatic rings. The number of fused-ring (bicyclic) bond motifs is 3. The fourth-order valence-electron chi connectivity index (χ4n) is 2.44. The molecular weight excluding hydrogens is 168 g/mol. The van der Waals surface area contributed by atoms with Gasteiger partial charge in [0.2, 0.25) is 0 Å². The van der Waals surface area contributed by atoms with Gasteiger partial charge in [0.25, 0.3) is 0 Å². The summed E-state index contributed by atoms with van der Waals surface area (Å²) in [7, 11) is 0. The highest BCUT2D eigenvalue weighted by Crippen LogP contribution is 2.29. The van der Waals surface area contributed by atoms with E-state index < -0.39 is 0 Å². The van der Waals surface area contributed by atoms with Crippen LogP contribution in [0.2, 0.25) is 0 Å². The van der Waals surface area contributed by atoms with Gasteiger partial charge in [0.05, 0.1) is 0 Å². The van der Waals surface area contributed by atoms with Crippen LogP contribution in [0, 0.1) is 0 Å². The van der Waals surface area contributed by atoms with E-state index in [1.54, 1.807) is 0 Å². The number of allylic oxidation sites excluding steroid dienone is 2. The molecule has 0 saturated carbocycles. The Bertz CT molecular complexity index is 381. The highest BCUT2D eigenvalue weighted by molar-refractivity contribution is 5.72. The third-order valence-electron chi connectivity index (χ3n) is 3.20.